The minimum absolute atomic E-state index is 0.271. The number of allylic oxidation sites excluding steroid dienone is 2. The second-order valence-corrected chi connectivity index (χ2v) is 8.61. The Morgan fingerprint density at radius 2 is 1.71 bits per heavy atom. The van der Waals surface area contributed by atoms with Crippen molar-refractivity contribution in [2.24, 2.45) is 5.92 Å². The Morgan fingerprint density at radius 3 is 2.44 bits per heavy atom. The first-order chi connectivity index (χ1) is 16.7. The first-order valence-electron chi connectivity index (χ1n) is 11.7. The topological polar surface area (TPSA) is 52.3 Å². The largest absolute Gasteiger partial charge is 0.465 e. The average molecular weight is 450 g/mol. The molecule has 1 aliphatic carbocycles. The molecule has 0 saturated carbocycles. The summed E-state index contributed by atoms with van der Waals surface area (Å²) in [6.07, 6.45) is 6.28. The number of aromatic nitrogens is 1. The maximum Gasteiger partial charge on any atom is 0.337 e. The molecular formula is C30H27NO3. The molecule has 0 amide bonds. The second-order valence-electron chi connectivity index (χ2n) is 8.61. The summed E-state index contributed by atoms with van der Waals surface area (Å²) in [5.41, 5.74) is 5.75. The zero-order valence-electron chi connectivity index (χ0n) is 19.2. The van der Waals surface area contributed by atoms with Crippen LogP contribution in [0.4, 0.5) is 0 Å². The number of rotatable bonds is 6. The molecule has 0 aliphatic heterocycles. The summed E-state index contributed by atoms with van der Waals surface area (Å²) < 4.78 is 11.4. The van der Waals surface area contributed by atoms with Crippen molar-refractivity contribution >= 4 is 11.5 Å². The van der Waals surface area contributed by atoms with Crippen LogP contribution >= 0.6 is 0 Å². The van der Waals surface area contributed by atoms with Gasteiger partial charge in [-0.2, -0.15) is 0 Å². The van der Waals surface area contributed by atoms with Crippen molar-refractivity contribution in [3.05, 3.63) is 108 Å². The number of carbonyl (C=O) groups is 1. The van der Waals surface area contributed by atoms with Gasteiger partial charge in [0.2, 0.25) is 5.89 Å². The molecule has 0 unspecified atom stereocenters. The molecule has 34 heavy (non-hydrogen) atoms. The van der Waals surface area contributed by atoms with Crippen LogP contribution in [0.2, 0.25) is 0 Å². The van der Waals surface area contributed by atoms with Crippen LogP contribution in [-0.2, 0) is 11.2 Å². The number of benzene rings is 3. The van der Waals surface area contributed by atoms with Crippen molar-refractivity contribution in [1.29, 1.82) is 0 Å². The number of hydrogen-bond donors (Lipinski definition) is 0. The maximum absolute atomic E-state index is 12.0. The lowest BCUT2D eigenvalue weighted by atomic mass is 9.83. The number of hydrogen-bond acceptors (Lipinski definition) is 4. The quantitative estimate of drug-likeness (QED) is 0.292. The van der Waals surface area contributed by atoms with Crippen LogP contribution in [0.5, 0.6) is 0 Å². The van der Waals surface area contributed by atoms with Gasteiger partial charge in [-0.15, -0.1) is 0 Å². The lowest BCUT2D eigenvalue weighted by molar-refractivity contribution is 0.0600. The summed E-state index contributed by atoms with van der Waals surface area (Å²) in [6, 6.07) is 28.1. The van der Waals surface area contributed by atoms with Crippen molar-refractivity contribution in [2.45, 2.75) is 25.7 Å². The molecule has 0 saturated heterocycles. The van der Waals surface area contributed by atoms with E-state index >= 15 is 0 Å². The van der Waals surface area contributed by atoms with Crippen molar-refractivity contribution in [3.63, 3.8) is 0 Å². The lowest BCUT2D eigenvalue weighted by Crippen LogP contribution is -2.12. The predicted molar refractivity (Wildman–Crippen MR) is 134 cm³/mol. The van der Waals surface area contributed by atoms with Gasteiger partial charge in [0.25, 0.3) is 0 Å². The molecule has 1 heterocycles. The summed E-state index contributed by atoms with van der Waals surface area (Å²) in [5.74, 6) is 1.44. The Balaban J connectivity index is 1.51. The van der Waals surface area contributed by atoms with E-state index in [1.165, 1.54) is 7.11 Å². The molecule has 0 bridgehead atoms. The third-order valence-electron chi connectivity index (χ3n) is 6.35. The minimum atomic E-state index is -0.311. The monoisotopic (exact) mass is 449 g/mol. The third-order valence-corrected chi connectivity index (χ3v) is 6.35. The van der Waals surface area contributed by atoms with Gasteiger partial charge in [0, 0.05) is 16.7 Å². The molecule has 5 rings (SSSR count). The number of methoxy groups -OCH3 is 1. The van der Waals surface area contributed by atoms with Gasteiger partial charge in [-0.1, -0.05) is 78.9 Å². The van der Waals surface area contributed by atoms with E-state index < -0.39 is 0 Å². The summed E-state index contributed by atoms with van der Waals surface area (Å²) in [4.78, 5) is 17.0. The van der Waals surface area contributed by atoms with Crippen LogP contribution in [0.1, 0.15) is 41.1 Å². The number of esters is 1. The van der Waals surface area contributed by atoms with Crippen molar-refractivity contribution in [2.75, 3.05) is 7.11 Å². The fraction of sp³-hybridized carbons (Fsp3) is 0.200. The summed E-state index contributed by atoms with van der Waals surface area (Å²) in [7, 11) is 1.41. The standard InChI is InChI=1S/C30H27NO3/c1-33-30(32)25-17-10-11-21(20-25)19-24-16-8-9-18-26(24)29-31-27(22-12-4-2-5-13-22)28(34-29)23-14-6-3-7-15-23/h2-7,10-15,17-18,20,24H,8-9,16,19H2,1H3/t24-/m0/s1. The van der Waals surface area contributed by atoms with E-state index in [0.29, 0.717) is 11.5 Å². The highest BCUT2D eigenvalue weighted by atomic mass is 16.5. The van der Waals surface area contributed by atoms with E-state index in [2.05, 4.69) is 36.4 Å². The fourth-order valence-corrected chi connectivity index (χ4v) is 4.67. The summed E-state index contributed by atoms with van der Waals surface area (Å²) in [6.45, 7) is 0. The molecule has 0 fully saturated rings. The van der Waals surface area contributed by atoms with E-state index in [4.69, 9.17) is 14.1 Å². The maximum atomic E-state index is 12.0. The van der Waals surface area contributed by atoms with Gasteiger partial charge in [0.1, 0.15) is 5.69 Å². The molecule has 4 aromatic rings. The van der Waals surface area contributed by atoms with E-state index in [1.807, 2.05) is 48.5 Å². The molecule has 3 aromatic carbocycles. The van der Waals surface area contributed by atoms with Gasteiger partial charge in [0.15, 0.2) is 5.76 Å². The van der Waals surface area contributed by atoms with Crippen LogP contribution < -0.4 is 0 Å². The van der Waals surface area contributed by atoms with Gasteiger partial charge in [-0.25, -0.2) is 9.78 Å². The van der Waals surface area contributed by atoms with Crippen LogP contribution in [0.3, 0.4) is 0 Å². The number of carbonyl (C=O) groups excluding carboxylic acids is 1. The number of nitrogens with zero attached hydrogens (tertiary/aromatic N) is 1. The summed E-state index contributed by atoms with van der Waals surface area (Å²) >= 11 is 0. The zero-order chi connectivity index (χ0) is 23.3. The molecule has 4 nitrogen and oxygen atoms in total. The first kappa shape index (κ1) is 21.9. The molecule has 1 atom stereocenters. The van der Waals surface area contributed by atoms with Crippen LogP contribution in [-0.4, -0.2) is 18.1 Å². The zero-order valence-corrected chi connectivity index (χ0v) is 19.2. The highest BCUT2D eigenvalue weighted by molar-refractivity contribution is 5.89. The molecule has 1 aromatic heterocycles. The normalized spacial score (nSPS) is 15.6. The smallest absolute Gasteiger partial charge is 0.337 e. The molecule has 0 radical (unpaired) electrons. The Hall–Kier alpha value is -3.92. The highest BCUT2D eigenvalue weighted by Crippen LogP contribution is 2.40. The second kappa shape index (κ2) is 9.92. The minimum Gasteiger partial charge on any atom is -0.465 e. The fourth-order valence-electron chi connectivity index (χ4n) is 4.67. The molecule has 4 heteroatoms. The van der Waals surface area contributed by atoms with Gasteiger partial charge in [-0.3, -0.25) is 0 Å². The number of oxazole rings is 1. The van der Waals surface area contributed by atoms with Crippen molar-refractivity contribution in [1.82, 2.24) is 4.98 Å². The van der Waals surface area contributed by atoms with Crippen molar-refractivity contribution in [3.8, 4) is 22.6 Å². The molecule has 1 aliphatic rings. The highest BCUT2D eigenvalue weighted by Gasteiger charge is 2.26. The van der Waals surface area contributed by atoms with Gasteiger partial charge in [-0.05, 0) is 49.3 Å². The summed E-state index contributed by atoms with van der Waals surface area (Å²) in [5, 5.41) is 0. The third kappa shape index (κ3) is 4.58. The predicted octanol–water partition coefficient (Wildman–Crippen LogP) is 7.22. The van der Waals surface area contributed by atoms with Gasteiger partial charge < -0.3 is 9.15 Å². The van der Waals surface area contributed by atoms with Crippen molar-refractivity contribution < 1.29 is 13.9 Å². The molecule has 170 valence electrons. The Labute approximate surface area is 199 Å². The first-order valence-corrected chi connectivity index (χ1v) is 11.7. The van der Waals surface area contributed by atoms with Gasteiger partial charge >= 0.3 is 5.97 Å². The lowest BCUT2D eigenvalue weighted by Gasteiger charge is -2.22. The average Bonchev–Trinajstić information content (AvgIpc) is 3.35. The van der Waals surface area contributed by atoms with Gasteiger partial charge in [0.05, 0.1) is 12.7 Å². The van der Waals surface area contributed by atoms with Crippen LogP contribution in [0, 0.1) is 5.92 Å². The van der Waals surface area contributed by atoms with E-state index in [-0.39, 0.29) is 11.9 Å². The van der Waals surface area contributed by atoms with E-state index in [9.17, 15) is 4.79 Å². The SMILES string of the molecule is COC(=O)c1cccc(C[C@@H]2CCCC=C2c2nc(-c3ccccc3)c(-c3ccccc3)o2)c1. The number of ether oxygens (including phenoxy) is 1. The van der Waals surface area contributed by atoms with Crippen LogP contribution in [0.15, 0.2) is 95.4 Å². The van der Waals surface area contributed by atoms with E-state index in [0.717, 1.165) is 59.4 Å². The molecular weight excluding hydrogens is 422 g/mol. The Morgan fingerprint density at radius 1 is 0.971 bits per heavy atom. The molecule has 0 spiro atoms. The van der Waals surface area contributed by atoms with E-state index in [1.54, 1.807) is 6.07 Å². The van der Waals surface area contributed by atoms with Crippen LogP contribution in [0.25, 0.3) is 28.2 Å². The Bertz CT molecular complexity index is 1250. The molecule has 0 N–H and O–H groups in total. The Kier molecular flexibility index (Phi) is 6.39.